The summed E-state index contributed by atoms with van der Waals surface area (Å²) >= 11 is 0. The van der Waals surface area contributed by atoms with Crippen LogP contribution in [0.1, 0.15) is 67.6 Å². The number of carbonyl (C=O) groups is 2. The van der Waals surface area contributed by atoms with Gasteiger partial charge in [-0.15, -0.1) is 0 Å². The number of nitrogens with one attached hydrogen (secondary N) is 1. The van der Waals surface area contributed by atoms with Crippen LogP contribution in [-0.2, 0) is 16.1 Å². The van der Waals surface area contributed by atoms with Gasteiger partial charge in [-0.05, 0) is 62.1 Å². The van der Waals surface area contributed by atoms with Gasteiger partial charge in [-0.3, -0.25) is 14.5 Å². The maximum Gasteiger partial charge on any atom is 0.244 e. The molecule has 8 nitrogen and oxygen atoms in total. The van der Waals surface area contributed by atoms with Crippen molar-refractivity contribution in [1.29, 1.82) is 0 Å². The Labute approximate surface area is 202 Å². The van der Waals surface area contributed by atoms with Gasteiger partial charge in [-0.25, -0.2) is 0 Å². The normalized spacial score (nSPS) is 20.3. The monoisotopic (exact) mass is 467 g/mol. The second-order valence-electron chi connectivity index (χ2n) is 10.5. The Balaban J connectivity index is 1.42. The summed E-state index contributed by atoms with van der Waals surface area (Å²) in [5.41, 5.74) is 3.62. The van der Waals surface area contributed by atoms with Gasteiger partial charge < -0.3 is 14.7 Å². The summed E-state index contributed by atoms with van der Waals surface area (Å²) < 4.78 is 5.54. The minimum absolute atomic E-state index is 0.0102. The third-order valence-electron chi connectivity index (χ3n) is 7.47. The van der Waals surface area contributed by atoms with Crippen LogP contribution < -0.4 is 5.32 Å². The molecule has 3 heterocycles. The molecule has 0 aliphatic carbocycles. The van der Waals surface area contributed by atoms with E-state index in [0.29, 0.717) is 18.3 Å². The molecule has 2 fully saturated rings. The summed E-state index contributed by atoms with van der Waals surface area (Å²) in [7, 11) is 0. The summed E-state index contributed by atoms with van der Waals surface area (Å²) in [5.74, 6) is 1.41. The Kier molecular flexibility index (Phi) is 7.07. The smallest absolute Gasteiger partial charge is 0.244 e. The molecule has 2 aliphatic rings. The molecule has 0 radical (unpaired) electrons. The number of aryl methyl sites for hydroxylation is 3. The number of rotatable bonds is 6. The molecule has 1 aromatic heterocycles. The number of amides is 2. The van der Waals surface area contributed by atoms with Crippen molar-refractivity contribution in [3.63, 3.8) is 0 Å². The second kappa shape index (κ2) is 9.86. The van der Waals surface area contributed by atoms with Gasteiger partial charge >= 0.3 is 0 Å². The molecule has 4 rings (SSSR count). The molecule has 0 saturated carbocycles. The largest absolute Gasteiger partial charge is 0.351 e. The van der Waals surface area contributed by atoms with Crippen LogP contribution in [0, 0.1) is 32.1 Å². The summed E-state index contributed by atoms with van der Waals surface area (Å²) in [6.45, 7) is 13.0. The van der Waals surface area contributed by atoms with Crippen molar-refractivity contribution in [1.82, 2.24) is 25.3 Å². The topological polar surface area (TPSA) is 91.6 Å². The SMILES string of the molecule is Cc1noc(C2CC3(CCN(C(=O)C(C)C)CC3)CN2CC(=O)NCc2ccc(C)c(C)c2)n1. The lowest BCUT2D eigenvalue weighted by Crippen LogP contribution is -2.46. The van der Waals surface area contributed by atoms with Crippen LogP contribution in [-0.4, -0.2) is 57.9 Å². The fourth-order valence-corrected chi connectivity index (χ4v) is 5.29. The molecule has 184 valence electrons. The molecule has 2 amide bonds. The predicted octanol–water partition coefficient (Wildman–Crippen LogP) is 3.32. The molecular formula is C26H37N5O3. The average molecular weight is 468 g/mol. The minimum Gasteiger partial charge on any atom is -0.351 e. The molecule has 2 aromatic rings. The first-order chi connectivity index (χ1) is 16.2. The molecule has 1 N–H and O–H groups in total. The molecule has 1 unspecified atom stereocenters. The van der Waals surface area contributed by atoms with Gasteiger partial charge in [-0.2, -0.15) is 4.98 Å². The number of aromatic nitrogens is 2. The Morgan fingerprint density at radius 3 is 2.53 bits per heavy atom. The minimum atomic E-state index is -0.0825. The van der Waals surface area contributed by atoms with E-state index in [9.17, 15) is 9.59 Å². The lowest BCUT2D eigenvalue weighted by atomic mass is 9.76. The zero-order valence-corrected chi connectivity index (χ0v) is 21.1. The molecule has 34 heavy (non-hydrogen) atoms. The van der Waals surface area contributed by atoms with Crippen LogP contribution in [0.5, 0.6) is 0 Å². The van der Waals surface area contributed by atoms with Gasteiger partial charge in [0, 0.05) is 32.1 Å². The zero-order chi connectivity index (χ0) is 24.5. The lowest BCUT2D eigenvalue weighted by Gasteiger charge is -2.40. The lowest BCUT2D eigenvalue weighted by molar-refractivity contribution is -0.136. The summed E-state index contributed by atoms with van der Waals surface area (Å²) in [6.07, 6.45) is 2.72. The van der Waals surface area contributed by atoms with Crippen LogP contribution in [0.4, 0.5) is 0 Å². The van der Waals surface area contributed by atoms with E-state index >= 15 is 0 Å². The number of benzene rings is 1. The van der Waals surface area contributed by atoms with Gasteiger partial charge in [0.1, 0.15) is 0 Å². The molecule has 1 spiro atoms. The number of piperidine rings is 1. The second-order valence-corrected chi connectivity index (χ2v) is 10.5. The number of hydrogen-bond acceptors (Lipinski definition) is 6. The molecule has 8 heteroatoms. The Hall–Kier alpha value is -2.74. The highest BCUT2D eigenvalue weighted by Gasteiger charge is 2.48. The van der Waals surface area contributed by atoms with E-state index in [1.165, 1.54) is 11.1 Å². The van der Waals surface area contributed by atoms with Gasteiger partial charge in [0.2, 0.25) is 17.7 Å². The predicted molar refractivity (Wildman–Crippen MR) is 129 cm³/mol. The quantitative estimate of drug-likeness (QED) is 0.701. The van der Waals surface area contributed by atoms with E-state index in [-0.39, 0.29) is 35.7 Å². The molecule has 2 saturated heterocycles. The van der Waals surface area contributed by atoms with E-state index in [4.69, 9.17) is 4.52 Å². The summed E-state index contributed by atoms with van der Waals surface area (Å²) in [6, 6.07) is 6.19. The van der Waals surface area contributed by atoms with Crippen molar-refractivity contribution in [3.05, 3.63) is 46.6 Å². The first kappa shape index (κ1) is 24.4. The molecule has 0 bridgehead atoms. The molecular weight excluding hydrogens is 430 g/mol. The number of hydrogen-bond donors (Lipinski definition) is 1. The maximum atomic E-state index is 12.9. The highest BCUT2D eigenvalue weighted by molar-refractivity contribution is 5.78. The zero-order valence-electron chi connectivity index (χ0n) is 21.1. The Morgan fingerprint density at radius 2 is 1.91 bits per heavy atom. The standard InChI is InChI=1S/C26H37N5O3/c1-17(2)25(33)30-10-8-26(9-11-30)13-22(24-28-20(5)29-34-24)31(16-26)15-23(32)27-14-21-7-6-18(3)19(4)12-21/h6-7,12,17,22H,8-11,13-16H2,1-5H3,(H,27,32). The van der Waals surface area contributed by atoms with Gasteiger partial charge in [0.15, 0.2) is 5.82 Å². The average Bonchev–Trinajstić information content (AvgIpc) is 3.38. The number of carbonyl (C=O) groups excluding carboxylic acids is 2. The van der Waals surface area contributed by atoms with E-state index in [1.54, 1.807) is 0 Å². The van der Waals surface area contributed by atoms with Crippen molar-refractivity contribution in [2.45, 2.75) is 66.5 Å². The first-order valence-electron chi connectivity index (χ1n) is 12.3. The van der Waals surface area contributed by atoms with Crippen molar-refractivity contribution in [2.24, 2.45) is 11.3 Å². The molecule has 2 aliphatic heterocycles. The van der Waals surface area contributed by atoms with Gasteiger partial charge in [0.05, 0.1) is 12.6 Å². The fourth-order valence-electron chi connectivity index (χ4n) is 5.29. The highest BCUT2D eigenvalue weighted by atomic mass is 16.5. The van der Waals surface area contributed by atoms with Gasteiger partial charge in [-0.1, -0.05) is 37.2 Å². The van der Waals surface area contributed by atoms with E-state index in [1.807, 2.05) is 25.7 Å². The van der Waals surface area contributed by atoms with Gasteiger partial charge in [0.25, 0.3) is 0 Å². The van der Waals surface area contributed by atoms with Crippen molar-refractivity contribution < 1.29 is 14.1 Å². The first-order valence-corrected chi connectivity index (χ1v) is 12.3. The molecule has 1 atom stereocenters. The van der Waals surface area contributed by atoms with E-state index in [0.717, 1.165) is 44.5 Å². The Bertz CT molecular complexity index is 1040. The van der Waals surface area contributed by atoms with Crippen molar-refractivity contribution >= 4 is 11.8 Å². The van der Waals surface area contributed by atoms with Crippen molar-refractivity contribution in [2.75, 3.05) is 26.2 Å². The maximum absolute atomic E-state index is 12.9. The van der Waals surface area contributed by atoms with Crippen LogP contribution in [0.2, 0.25) is 0 Å². The van der Waals surface area contributed by atoms with Crippen molar-refractivity contribution in [3.8, 4) is 0 Å². The van der Waals surface area contributed by atoms with Crippen LogP contribution >= 0.6 is 0 Å². The van der Waals surface area contributed by atoms with Crippen LogP contribution in [0.25, 0.3) is 0 Å². The van der Waals surface area contributed by atoms with E-state index < -0.39 is 0 Å². The van der Waals surface area contributed by atoms with E-state index in [2.05, 4.69) is 52.4 Å². The summed E-state index contributed by atoms with van der Waals surface area (Å²) in [4.78, 5) is 34.0. The number of nitrogens with zero attached hydrogens (tertiary/aromatic N) is 4. The highest BCUT2D eigenvalue weighted by Crippen LogP contribution is 2.48. The summed E-state index contributed by atoms with van der Waals surface area (Å²) in [5, 5.41) is 7.06. The molecule has 1 aromatic carbocycles. The van der Waals surface area contributed by atoms with Crippen LogP contribution in [0.3, 0.4) is 0 Å². The fraction of sp³-hybridized carbons (Fsp3) is 0.615. The third-order valence-corrected chi connectivity index (χ3v) is 7.47. The van der Waals surface area contributed by atoms with Crippen LogP contribution in [0.15, 0.2) is 22.7 Å². The number of likely N-dealkylation sites (tertiary alicyclic amines) is 2. The third kappa shape index (κ3) is 5.32. The Morgan fingerprint density at radius 1 is 1.18 bits per heavy atom.